The van der Waals surface area contributed by atoms with Crippen molar-refractivity contribution in [2.45, 2.75) is 19.7 Å². The molecule has 0 amide bonds. The van der Waals surface area contributed by atoms with Crippen molar-refractivity contribution in [1.82, 2.24) is 9.78 Å². The molecule has 1 heterocycles. The molecule has 0 aliphatic carbocycles. The molecule has 1 aromatic heterocycles. The summed E-state index contributed by atoms with van der Waals surface area (Å²) in [5.41, 5.74) is 4.26. The average molecular weight is 300 g/mol. The van der Waals surface area contributed by atoms with E-state index < -0.39 is 0 Å². The van der Waals surface area contributed by atoms with Gasteiger partial charge < -0.3 is 0 Å². The van der Waals surface area contributed by atoms with Crippen LogP contribution >= 0.6 is 27.5 Å². The van der Waals surface area contributed by atoms with Crippen molar-refractivity contribution in [3.8, 4) is 5.69 Å². The number of rotatable bonds is 2. The van der Waals surface area contributed by atoms with Gasteiger partial charge in [0.15, 0.2) is 0 Å². The Bertz CT molecular complexity index is 520. The van der Waals surface area contributed by atoms with E-state index in [-0.39, 0.29) is 0 Å². The maximum absolute atomic E-state index is 5.77. The first-order chi connectivity index (χ1) is 7.61. The summed E-state index contributed by atoms with van der Waals surface area (Å²) in [6.45, 7) is 4.09. The maximum Gasteiger partial charge on any atom is 0.0779 e. The molecule has 2 nitrogen and oxygen atoms in total. The Kier molecular flexibility index (Phi) is 3.36. The minimum Gasteiger partial charge on any atom is -0.238 e. The largest absolute Gasteiger partial charge is 0.238 e. The zero-order chi connectivity index (χ0) is 11.7. The number of halogens is 2. The van der Waals surface area contributed by atoms with E-state index >= 15 is 0 Å². The van der Waals surface area contributed by atoms with Crippen molar-refractivity contribution < 1.29 is 0 Å². The highest BCUT2D eigenvalue weighted by Gasteiger charge is 2.06. The van der Waals surface area contributed by atoms with Crippen LogP contribution in [-0.4, -0.2) is 9.78 Å². The lowest BCUT2D eigenvalue weighted by Gasteiger charge is -2.06. The molecule has 0 unspecified atom stereocenters. The van der Waals surface area contributed by atoms with Gasteiger partial charge in [-0.25, -0.2) is 4.68 Å². The highest BCUT2D eigenvalue weighted by molar-refractivity contribution is 9.10. The molecule has 0 atom stereocenters. The van der Waals surface area contributed by atoms with Gasteiger partial charge in [-0.15, -0.1) is 11.6 Å². The fourth-order valence-electron chi connectivity index (χ4n) is 1.63. The van der Waals surface area contributed by atoms with Gasteiger partial charge in [0.25, 0.3) is 0 Å². The zero-order valence-electron chi connectivity index (χ0n) is 9.17. The van der Waals surface area contributed by atoms with Gasteiger partial charge in [-0.3, -0.25) is 0 Å². The summed E-state index contributed by atoms with van der Waals surface area (Å²) in [5, 5.41) is 4.44. The third-order valence-corrected chi connectivity index (χ3v) is 3.62. The fraction of sp³-hybridized carbons (Fsp3) is 0.250. The molecule has 2 rings (SSSR count). The van der Waals surface area contributed by atoms with Crippen LogP contribution in [0.3, 0.4) is 0 Å². The molecule has 0 fully saturated rings. The molecule has 2 aromatic rings. The van der Waals surface area contributed by atoms with Gasteiger partial charge in [0.05, 0.1) is 17.3 Å². The number of hydrogen-bond acceptors (Lipinski definition) is 1. The molecule has 16 heavy (non-hydrogen) atoms. The number of aromatic nitrogens is 2. The number of benzene rings is 1. The second-order valence-corrected chi connectivity index (χ2v) is 4.88. The molecule has 0 radical (unpaired) electrons. The summed E-state index contributed by atoms with van der Waals surface area (Å²) in [6.07, 6.45) is 0. The predicted molar refractivity (Wildman–Crippen MR) is 70.3 cm³/mol. The summed E-state index contributed by atoms with van der Waals surface area (Å²) in [4.78, 5) is 0. The number of nitrogens with zero attached hydrogens (tertiary/aromatic N) is 2. The minimum absolute atomic E-state index is 0.448. The smallest absolute Gasteiger partial charge is 0.0779 e. The number of alkyl halides is 1. The molecule has 1 aromatic carbocycles. The standard InChI is InChI=1S/C12H12BrClN2/c1-8-5-11(3-4-12(8)13)16-9(2)6-10(7-14)15-16/h3-6H,7H2,1-2H3. The van der Waals surface area contributed by atoms with Crippen LogP contribution in [0.25, 0.3) is 5.69 Å². The molecule has 0 saturated carbocycles. The lowest BCUT2D eigenvalue weighted by Crippen LogP contribution is -1.99. The molecule has 0 spiro atoms. The van der Waals surface area contributed by atoms with E-state index in [1.54, 1.807) is 0 Å². The van der Waals surface area contributed by atoms with Gasteiger partial charge in [0, 0.05) is 10.2 Å². The van der Waals surface area contributed by atoms with E-state index in [4.69, 9.17) is 11.6 Å². The Morgan fingerprint density at radius 2 is 2.06 bits per heavy atom. The van der Waals surface area contributed by atoms with Gasteiger partial charge in [-0.05, 0) is 43.7 Å². The first-order valence-electron chi connectivity index (χ1n) is 5.00. The molecule has 0 N–H and O–H groups in total. The summed E-state index contributed by atoms with van der Waals surface area (Å²) in [5.74, 6) is 0.448. The normalized spacial score (nSPS) is 10.8. The monoisotopic (exact) mass is 298 g/mol. The van der Waals surface area contributed by atoms with Gasteiger partial charge in [-0.2, -0.15) is 5.10 Å². The van der Waals surface area contributed by atoms with Crippen molar-refractivity contribution in [1.29, 1.82) is 0 Å². The maximum atomic E-state index is 5.77. The average Bonchev–Trinajstić information content (AvgIpc) is 2.64. The van der Waals surface area contributed by atoms with E-state index in [9.17, 15) is 0 Å². The Morgan fingerprint density at radius 1 is 1.31 bits per heavy atom. The van der Waals surface area contributed by atoms with Crippen LogP contribution in [0, 0.1) is 13.8 Å². The summed E-state index contributed by atoms with van der Waals surface area (Å²) < 4.78 is 3.02. The van der Waals surface area contributed by atoms with Crippen LogP contribution in [0.1, 0.15) is 17.0 Å². The van der Waals surface area contributed by atoms with Crippen molar-refractivity contribution in [3.05, 3.63) is 45.7 Å². The molecule has 84 valence electrons. The van der Waals surface area contributed by atoms with Crippen molar-refractivity contribution in [2.24, 2.45) is 0 Å². The second-order valence-electron chi connectivity index (χ2n) is 3.76. The van der Waals surface area contributed by atoms with Crippen LogP contribution in [0.5, 0.6) is 0 Å². The third-order valence-electron chi connectivity index (χ3n) is 2.46. The van der Waals surface area contributed by atoms with E-state index in [0.29, 0.717) is 5.88 Å². The van der Waals surface area contributed by atoms with Gasteiger partial charge >= 0.3 is 0 Å². The zero-order valence-corrected chi connectivity index (χ0v) is 11.5. The second kappa shape index (κ2) is 4.60. The van der Waals surface area contributed by atoms with E-state index in [0.717, 1.165) is 21.5 Å². The fourth-order valence-corrected chi connectivity index (χ4v) is 2.00. The lowest BCUT2D eigenvalue weighted by molar-refractivity contribution is 0.829. The highest BCUT2D eigenvalue weighted by Crippen LogP contribution is 2.20. The Morgan fingerprint density at radius 3 is 2.62 bits per heavy atom. The van der Waals surface area contributed by atoms with Crippen molar-refractivity contribution >= 4 is 27.5 Å². The summed E-state index contributed by atoms with van der Waals surface area (Å²) in [7, 11) is 0. The first-order valence-corrected chi connectivity index (χ1v) is 6.32. The molecule has 0 aliphatic heterocycles. The molecular weight excluding hydrogens is 288 g/mol. The van der Waals surface area contributed by atoms with Crippen molar-refractivity contribution in [3.63, 3.8) is 0 Å². The lowest BCUT2D eigenvalue weighted by atomic mass is 10.2. The van der Waals surface area contributed by atoms with Crippen LogP contribution in [0.2, 0.25) is 0 Å². The van der Waals surface area contributed by atoms with E-state index in [1.165, 1.54) is 5.56 Å². The van der Waals surface area contributed by atoms with Crippen LogP contribution in [-0.2, 0) is 5.88 Å². The topological polar surface area (TPSA) is 17.8 Å². The predicted octanol–water partition coefficient (Wildman–Crippen LogP) is 3.99. The Balaban J connectivity index is 2.49. The van der Waals surface area contributed by atoms with Gasteiger partial charge in [0.1, 0.15) is 0 Å². The van der Waals surface area contributed by atoms with E-state index in [2.05, 4.69) is 34.0 Å². The molecule has 0 saturated heterocycles. The Hall–Kier alpha value is -0.800. The minimum atomic E-state index is 0.448. The highest BCUT2D eigenvalue weighted by atomic mass is 79.9. The molecular formula is C12H12BrClN2. The SMILES string of the molecule is Cc1cc(-n2nc(CCl)cc2C)ccc1Br. The van der Waals surface area contributed by atoms with Gasteiger partial charge in [0.2, 0.25) is 0 Å². The van der Waals surface area contributed by atoms with Crippen LogP contribution in [0.15, 0.2) is 28.7 Å². The molecule has 0 bridgehead atoms. The van der Waals surface area contributed by atoms with Gasteiger partial charge in [-0.1, -0.05) is 15.9 Å². The Labute approximate surface area is 108 Å². The van der Waals surface area contributed by atoms with Crippen molar-refractivity contribution in [2.75, 3.05) is 0 Å². The van der Waals surface area contributed by atoms with Crippen LogP contribution in [0.4, 0.5) is 0 Å². The molecule has 4 heteroatoms. The number of aryl methyl sites for hydroxylation is 2. The third kappa shape index (κ3) is 2.15. The first kappa shape index (κ1) is 11.7. The number of hydrogen-bond donors (Lipinski definition) is 0. The molecule has 0 aliphatic rings. The van der Waals surface area contributed by atoms with E-state index in [1.807, 2.05) is 29.8 Å². The quantitative estimate of drug-likeness (QED) is 0.767. The summed E-state index contributed by atoms with van der Waals surface area (Å²) >= 11 is 9.26. The summed E-state index contributed by atoms with van der Waals surface area (Å²) in [6, 6.07) is 8.17. The van der Waals surface area contributed by atoms with Crippen LogP contribution < -0.4 is 0 Å².